The Balaban J connectivity index is 1.43. The third-order valence-electron chi connectivity index (χ3n) is 6.92. The van der Waals surface area contributed by atoms with Gasteiger partial charge in [-0.1, -0.05) is 60.2 Å². The molecule has 4 aromatic rings. The summed E-state index contributed by atoms with van der Waals surface area (Å²) in [7, 11) is -3.74. The predicted octanol–water partition coefficient (Wildman–Crippen LogP) is 6.29. The Kier molecular flexibility index (Phi) is 8.35. The molecule has 0 saturated carbocycles. The minimum absolute atomic E-state index is 0.0820. The van der Waals surface area contributed by atoms with E-state index in [1.165, 1.54) is 27.8 Å². The average Bonchev–Trinajstić information content (AvgIpc) is 3.63. The minimum atomic E-state index is -3.74. The molecule has 1 aromatic heterocycles. The van der Waals surface area contributed by atoms with Crippen molar-refractivity contribution in [1.29, 1.82) is 0 Å². The van der Waals surface area contributed by atoms with Gasteiger partial charge in [0.05, 0.1) is 27.8 Å². The maximum absolute atomic E-state index is 13.8. The molecule has 204 valence electrons. The van der Waals surface area contributed by atoms with E-state index < -0.39 is 10.0 Å². The second-order valence-electron chi connectivity index (χ2n) is 9.51. The number of carbonyl (C=O) groups is 1. The van der Waals surface area contributed by atoms with E-state index >= 15 is 0 Å². The SMILES string of the molecule is CCN(Cc1ccccc1)S(=O)(=O)c1ccc(C(=O)N(CC2CCCO2)c2nc3c(C)c(Cl)ccc3s2)cc1. The van der Waals surface area contributed by atoms with Crippen LogP contribution in [0.15, 0.2) is 71.6 Å². The summed E-state index contributed by atoms with van der Waals surface area (Å²) in [5.41, 5.74) is 2.93. The molecule has 3 aromatic carbocycles. The maximum Gasteiger partial charge on any atom is 0.260 e. The van der Waals surface area contributed by atoms with Crippen molar-refractivity contribution in [3.63, 3.8) is 0 Å². The summed E-state index contributed by atoms with van der Waals surface area (Å²) in [4.78, 5) is 20.4. The molecule has 1 saturated heterocycles. The number of amides is 1. The average molecular weight is 584 g/mol. The molecular weight excluding hydrogens is 554 g/mol. The zero-order valence-electron chi connectivity index (χ0n) is 21.8. The highest BCUT2D eigenvalue weighted by Crippen LogP contribution is 2.35. The Labute approximate surface area is 238 Å². The number of carbonyl (C=O) groups excluding carboxylic acids is 1. The summed E-state index contributed by atoms with van der Waals surface area (Å²) >= 11 is 7.74. The molecule has 1 aliphatic rings. The molecule has 2 heterocycles. The molecule has 1 aliphatic heterocycles. The minimum Gasteiger partial charge on any atom is -0.376 e. The van der Waals surface area contributed by atoms with E-state index in [2.05, 4.69) is 0 Å². The molecule has 10 heteroatoms. The number of nitrogens with zero attached hydrogens (tertiary/aromatic N) is 3. The molecule has 1 atom stereocenters. The predicted molar refractivity (Wildman–Crippen MR) is 156 cm³/mol. The molecule has 1 amide bonds. The van der Waals surface area contributed by atoms with Crippen molar-refractivity contribution in [3.05, 3.63) is 88.4 Å². The lowest BCUT2D eigenvalue weighted by Gasteiger charge is -2.23. The van der Waals surface area contributed by atoms with Crippen LogP contribution in [0.1, 0.15) is 41.3 Å². The van der Waals surface area contributed by atoms with Crippen LogP contribution in [-0.4, -0.2) is 49.4 Å². The molecule has 39 heavy (non-hydrogen) atoms. The van der Waals surface area contributed by atoms with Gasteiger partial charge in [-0.15, -0.1) is 0 Å². The molecule has 0 N–H and O–H groups in total. The third-order valence-corrected chi connectivity index (χ3v) is 10.3. The number of sulfonamides is 1. The first-order valence-electron chi connectivity index (χ1n) is 12.9. The van der Waals surface area contributed by atoms with Gasteiger partial charge in [0.15, 0.2) is 5.13 Å². The second kappa shape index (κ2) is 11.7. The summed E-state index contributed by atoms with van der Waals surface area (Å²) < 4.78 is 35.0. The van der Waals surface area contributed by atoms with Crippen molar-refractivity contribution in [2.45, 2.75) is 44.2 Å². The summed E-state index contributed by atoms with van der Waals surface area (Å²) in [6.45, 7) is 5.37. The Morgan fingerprint density at radius 1 is 1.10 bits per heavy atom. The monoisotopic (exact) mass is 583 g/mol. The van der Waals surface area contributed by atoms with E-state index in [1.807, 2.05) is 56.3 Å². The summed E-state index contributed by atoms with van der Waals surface area (Å²) in [6, 6.07) is 19.4. The van der Waals surface area contributed by atoms with Gasteiger partial charge >= 0.3 is 0 Å². The highest BCUT2D eigenvalue weighted by Gasteiger charge is 2.29. The number of halogens is 1. The molecule has 0 spiro atoms. The van der Waals surface area contributed by atoms with E-state index in [9.17, 15) is 13.2 Å². The number of rotatable bonds is 9. The summed E-state index contributed by atoms with van der Waals surface area (Å²) in [5.74, 6) is -0.256. The Bertz CT molecular complexity index is 1570. The summed E-state index contributed by atoms with van der Waals surface area (Å²) in [6.07, 6.45) is 1.73. The first-order chi connectivity index (χ1) is 18.8. The van der Waals surface area contributed by atoms with Crippen LogP contribution >= 0.6 is 22.9 Å². The Morgan fingerprint density at radius 3 is 2.51 bits per heavy atom. The van der Waals surface area contributed by atoms with Crippen LogP contribution in [-0.2, 0) is 21.3 Å². The number of fused-ring (bicyclic) bond motifs is 1. The maximum atomic E-state index is 13.8. The lowest BCUT2D eigenvalue weighted by molar-refractivity contribution is 0.0917. The number of aryl methyl sites for hydroxylation is 1. The van der Waals surface area contributed by atoms with Crippen molar-refractivity contribution in [1.82, 2.24) is 9.29 Å². The van der Waals surface area contributed by atoms with Gasteiger partial charge in [0.25, 0.3) is 5.91 Å². The van der Waals surface area contributed by atoms with Crippen LogP contribution in [0.25, 0.3) is 10.2 Å². The number of hydrogen-bond donors (Lipinski definition) is 0. The molecule has 1 unspecified atom stereocenters. The Morgan fingerprint density at radius 2 is 1.85 bits per heavy atom. The molecule has 0 aliphatic carbocycles. The molecular formula is C29H30ClN3O4S2. The van der Waals surface area contributed by atoms with Crippen LogP contribution in [0.2, 0.25) is 5.02 Å². The fourth-order valence-corrected chi connectivity index (χ4v) is 7.29. The topological polar surface area (TPSA) is 79.8 Å². The number of thiazole rings is 1. The lowest BCUT2D eigenvalue weighted by atomic mass is 10.2. The Hall–Kier alpha value is -2.82. The second-order valence-corrected chi connectivity index (χ2v) is 12.9. The first kappa shape index (κ1) is 27.7. The third kappa shape index (κ3) is 5.88. The number of benzene rings is 3. The molecule has 0 radical (unpaired) electrons. The van der Waals surface area contributed by atoms with Gasteiger partial charge in [-0.25, -0.2) is 13.4 Å². The van der Waals surface area contributed by atoms with E-state index in [0.29, 0.717) is 35.4 Å². The van der Waals surface area contributed by atoms with E-state index in [4.69, 9.17) is 21.3 Å². The zero-order valence-corrected chi connectivity index (χ0v) is 24.2. The number of ether oxygens (including phenoxy) is 1. The highest BCUT2D eigenvalue weighted by molar-refractivity contribution is 7.89. The van der Waals surface area contributed by atoms with Gasteiger partial charge < -0.3 is 4.74 Å². The van der Waals surface area contributed by atoms with Crippen LogP contribution in [0.4, 0.5) is 5.13 Å². The van der Waals surface area contributed by atoms with Gasteiger partial charge in [0.2, 0.25) is 10.0 Å². The first-order valence-corrected chi connectivity index (χ1v) is 15.5. The lowest BCUT2D eigenvalue weighted by Crippen LogP contribution is -2.37. The van der Waals surface area contributed by atoms with Gasteiger partial charge in [-0.05, 0) is 67.3 Å². The van der Waals surface area contributed by atoms with Crippen molar-refractivity contribution >= 4 is 54.2 Å². The van der Waals surface area contributed by atoms with E-state index in [-0.39, 0.29) is 23.5 Å². The normalized spacial score (nSPS) is 15.7. The van der Waals surface area contributed by atoms with Crippen LogP contribution in [0.3, 0.4) is 0 Å². The fraction of sp³-hybridized carbons (Fsp3) is 0.310. The number of anilines is 1. The fourth-order valence-electron chi connectivity index (χ4n) is 4.67. The largest absolute Gasteiger partial charge is 0.376 e. The van der Waals surface area contributed by atoms with Gasteiger partial charge in [0, 0.05) is 30.3 Å². The number of hydrogen-bond acceptors (Lipinski definition) is 6. The van der Waals surface area contributed by atoms with Crippen LogP contribution in [0, 0.1) is 6.92 Å². The van der Waals surface area contributed by atoms with Crippen LogP contribution in [0.5, 0.6) is 0 Å². The van der Waals surface area contributed by atoms with Gasteiger partial charge in [0.1, 0.15) is 0 Å². The van der Waals surface area contributed by atoms with Crippen LogP contribution < -0.4 is 4.90 Å². The molecule has 1 fully saturated rings. The molecule has 7 nitrogen and oxygen atoms in total. The van der Waals surface area contributed by atoms with Gasteiger partial charge in [-0.2, -0.15) is 4.31 Å². The quantitative estimate of drug-likeness (QED) is 0.231. The smallest absolute Gasteiger partial charge is 0.260 e. The van der Waals surface area contributed by atoms with Crippen molar-refractivity contribution < 1.29 is 17.9 Å². The highest BCUT2D eigenvalue weighted by atomic mass is 35.5. The zero-order chi connectivity index (χ0) is 27.6. The molecule has 0 bridgehead atoms. The van der Waals surface area contributed by atoms with Crippen molar-refractivity contribution in [3.8, 4) is 0 Å². The van der Waals surface area contributed by atoms with Crippen molar-refractivity contribution in [2.75, 3.05) is 24.6 Å². The standard InChI is InChI=1S/C29H30ClN3O4S2/c1-3-32(18-21-8-5-4-6-9-21)39(35,36)24-13-11-22(12-14-24)28(34)33(19-23-10-7-17-37-23)29-31-27-20(2)25(30)15-16-26(27)38-29/h4-6,8-9,11-16,23H,3,7,10,17-19H2,1-2H3. The van der Waals surface area contributed by atoms with Crippen molar-refractivity contribution in [2.24, 2.45) is 0 Å². The van der Waals surface area contributed by atoms with E-state index in [0.717, 1.165) is 34.2 Å². The van der Waals surface area contributed by atoms with Gasteiger partial charge in [-0.3, -0.25) is 9.69 Å². The van der Waals surface area contributed by atoms with E-state index in [1.54, 1.807) is 17.0 Å². The number of aromatic nitrogens is 1. The summed E-state index contributed by atoms with van der Waals surface area (Å²) in [5, 5.41) is 1.19. The molecule has 5 rings (SSSR count).